The second kappa shape index (κ2) is 3.63. The number of halogens is 1. The van der Waals surface area contributed by atoms with E-state index in [2.05, 4.69) is 0 Å². The molecule has 0 radical (unpaired) electrons. The molecule has 0 spiro atoms. The van der Waals surface area contributed by atoms with Crippen LogP contribution >= 0.6 is 0 Å². The van der Waals surface area contributed by atoms with E-state index in [4.69, 9.17) is 0 Å². The van der Waals surface area contributed by atoms with Crippen LogP contribution in [0.1, 0.15) is 5.56 Å². The first-order valence-electron chi connectivity index (χ1n) is 4.57. The molecule has 0 saturated carbocycles. The highest BCUT2D eigenvalue weighted by Gasteiger charge is 2.32. The first kappa shape index (κ1) is 13.3. The van der Waals surface area contributed by atoms with Crippen LogP contribution in [-0.2, 0) is 19.3 Å². The Kier molecular flexibility index (Phi) is 3.02. The van der Waals surface area contributed by atoms with Crippen LogP contribution in [0.3, 0.4) is 0 Å². The molecule has 0 aliphatic carbocycles. The molecule has 3 nitrogen and oxygen atoms in total. The lowest BCUT2D eigenvalue weighted by Gasteiger charge is -2.22. The molecule has 1 aromatic carbocycles. The molecular formula is C10H15FO3S2. The van der Waals surface area contributed by atoms with Gasteiger partial charge in [-0.05, 0) is 19.1 Å². The highest BCUT2D eigenvalue weighted by Crippen LogP contribution is 2.25. The molecule has 0 heterocycles. The fourth-order valence-electron chi connectivity index (χ4n) is 1.25. The van der Waals surface area contributed by atoms with Crippen molar-refractivity contribution in [1.29, 1.82) is 0 Å². The summed E-state index contributed by atoms with van der Waals surface area (Å²) in [7, 11) is -8.38. The number of aryl methyl sites for hydroxylation is 1. The maximum Gasteiger partial charge on any atom is 0.190 e. The standard InChI is InChI=1S/C10H15FO3S2/c1-9-4-6-10(7-5-9)15(12,13)8-16(2,3,11)14/h4-7H,8H2,1-3H3. The van der Waals surface area contributed by atoms with Crippen molar-refractivity contribution in [3.8, 4) is 0 Å². The normalized spacial score (nSPS) is 15.4. The summed E-state index contributed by atoms with van der Waals surface area (Å²) in [5, 5.41) is -0.965. The molecule has 0 amide bonds. The van der Waals surface area contributed by atoms with E-state index in [0.29, 0.717) is 0 Å². The minimum absolute atomic E-state index is 0.00157. The Hall–Kier alpha value is -0.750. The fraction of sp³-hybridized carbons (Fsp3) is 0.400. The van der Waals surface area contributed by atoms with E-state index in [9.17, 15) is 16.5 Å². The molecule has 0 aliphatic heterocycles. The third-order valence-electron chi connectivity index (χ3n) is 1.86. The highest BCUT2D eigenvalue weighted by atomic mass is 32.3. The Labute approximate surface area is 95.3 Å². The van der Waals surface area contributed by atoms with Crippen LogP contribution in [0.15, 0.2) is 29.2 Å². The van der Waals surface area contributed by atoms with Crippen LogP contribution in [0.2, 0.25) is 0 Å². The van der Waals surface area contributed by atoms with Crippen LogP contribution in [0.5, 0.6) is 0 Å². The summed E-state index contributed by atoms with van der Waals surface area (Å²) in [4.78, 5) is -0.00157. The fourth-order valence-corrected chi connectivity index (χ4v) is 5.80. The van der Waals surface area contributed by atoms with Gasteiger partial charge in [-0.15, -0.1) is 0 Å². The van der Waals surface area contributed by atoms with Gasteiger partial charge in [0.15, 0.2) is 9.84 Å². The SMILES string of the molecule is Cc1ccc(S(=O)(=O)CS(C)(C)(=O)F)cc1. The van der Waals surface area contributed by atoms with Crippen molar-refractivity contribution in [3.05, 3.63) is 29.8 Å². The molecule has 1 rings (SSSR count). The van der Waals surface area contributed by atoms with Gasteiger partial charge in [-0.3, -0.25) is 4.21 Å². The van der Waals surface area contributed by atoms with Crippen molar-refractivity contribution >= 4 is 19.3 Å². The molecule has 0 N–H and O–H groups in total. The van der Waals surface area contributed by atoms with Crippen LogP contribution in [0.4, 0.5) is 3.89 Å². The predicted molar refractivity (Wildman–Crippen MR) is 64.3 cm³/mol. The molecule has 0 fully saturated rings. The molecule has 6 heteroatoms. The van der Waals surface area contributed by atoms with Gasteiger partial charge in [0.2, 0.25) is 0 Å². The maximum atomic E-state index is 13.5. The summed E-state index contributed by atoms with van der Waals surface area (Å²) in [6.07, 6.45) is 1.67. The summed E-state index contributed by atoms with van der Waals surface area (Å²) < 4.78 is 48.4. The summed E-state index contributed by atoms with van der Waals surface area (Å²) in [6, 6.07) is 6.02. The van der Waals surface area contributed by atoms with E-state index in [1.165, 1.54) is 12.1 Å². The topological polar surface area (TPSA) is 51.2 Å². The molecular weight excluding hydrogens is 251 g/mol. The van der Waals surface area contributed by atoms with Crippen molar-refractivity contribution in [1.82, 2.24) is 0 Å². The van der Waals surface area contributed by atoms with Gasteiger partial charge in [0, 0.05) is 22.0 Å². The van der Waals surface area contributed by atoms with Gasteiger partial charge in [-0.2, -0.15) is 3.89 Å². The van der Waals surface area contributed by atoms with Crippen molar-refractivity contribution in [2.45, 2.75) is 11.8 Å². The summed E-state index contributed by atoms with van der Waals surface area (Å²) in [5.41, 5.74) is 0.907. The number of hydrogen-bond acceptors (Lipinski definition) is 3. The number of hydrogen-bond donors (Lipinski definition) is 0. The van der Waals surface area contributed by atoms with Crippen LogP contribution in [0.25, 0.3) is 0 Å². The second-order valence-electron chi connectivity index (χ2n) is 4.46. The molecule has 0 atom stereocenters. The molecule has 0 aromatic heterocycles. The molecule has 0 unspecified atom stereocenters. The van der Waals surface area contributed by atoms with Gasteiger partial charge in [-0.25, -0.2) is 8.42 Å². The zero-order chi connectivity index (χ0) is 12.6. The van der Waals surface area contributed by atoms with E-state index in [0.717, 1.165) is 18.1 Å². The van der Waals surface area contributed by atoms with Crippen molar-refractivity contribution in [2.24, 2.45) is 0 Å². The Balaban J connectivity index is 3.15. The van der Waals surface area contributed by atoms with Crippen molar-refractivity contribution in [3.63, 3.8) is 0 Å². The average Bonchev–Trinajstić information content (AvgIpc) is 1.98. The largest absolute Gasteiger partial charge is 0.252 e. The molecule has 1 aromatic rings. The number of benzene rings is 1. The highest BCUT2D eigenvalue weighted by molar-refractivity contribution is 8.22. The molecule has 16 heavy (non-hydrogen) atoms. The predicted octanol–water partition coefficient (Wildman–Crippen LogP) is 1.69. The smallest absolute Gasteiger partial charge is 0.190 e. The maximum absolute atomic E-state index is 13.5. The van der Waals surface area contributed by atoms with Crippen LogP contribution in [0, 0.1) is 6.92 Å². The minimum Gasteiger partial charge on any atom is -0.252 e. The van der Waals surface area contributed by atoms with Crippen molar-refractivity contribution in [2.75, 3.05) is 17.6 Å². The van der Waals surface area contributed by atoms with Gasteiger partial charge in [0.05, 0.1) is 4.90 Å². The Morgan fingerprint density at radius 1 is 1.19 bits per heavy atom. The van der Waals surface area contributed by atoms with E-state index in [1.54, 1.807) is 12.1 Å². The lowest BCUT2D eigenvalue weighted by atomic mass is 10.2. The number of rotatable bonds is 3. The van der Waals surface area contributed by atoms with E-state index < -0.39 is 24.4 Å². The van der Waals surface area contributed by atoms with Gasteiger partial charge in [0.25, 0.3) is 0 Å². The quantitative estimate of drug-likeness (QED) is 0.782. The third kappa shape index (κ3) is 4.02. The summed E-state index contributed by atoms with van der Waals surface area (Å²) in [5.74, 6) is 0. The van der Waals surface area contributed by atoms with Crippen LogP contribution < -0.4 is 0 Å². The lowest BCUT2D eigenvalue weighted by molar-refractivity contribution is 0.594. The number of sulfone groups is 1. The zero-order valence-electron chi connectivity index (χ0n) is 9.44. The Morgan fingerprint density at radius 3 is 2.00 bits per heavy atom. The Morgan fingerprint density at radius 2 is 1.62 bits per heavy atom. The summed E-state index contributed by atoms with van der Waals surface area (Å²) in [6.45, 7) is 1.82. The Bertz CT molecular complexity index is 541. The second-order valence-corrected chi connectivity index (χ2v) is 10.9. The minimum atomic E-state index is -4.55. The molecule has 0 saturated heterocycles. The van der Waals surface area contributed by atoms with Gasteiger partial charge in [-0.1, -0.05) is 17.7 Å². The van der Waals surface area contributed by atoms with Gasteiger partial charge in [0.1, 0.15) is 5.08 Å². The molecule has 92 valence electrons. The van der Waals surface area contributed by atoms with E-state index in [1.807, 2.05) is 6.92 Å². The molecule has 0 aliphatic rings. The zero-order valence-corrected chi connectivity index (χ0v) is 11.1. The first-order chi connectivity index (χ1) is 6.96. The summed E-state index contributed by atoms with van der Waals surface area (Å²) >= 11 is 0. The lowest BCUT2D eigenvalue weighted by Crippen LogP contribution is -2.32. The first-order valence-corrected chi connectivity index (χ1v) is 9.08. The van der Waals surface area contributed by atoms with E-state index >= 15 is 0 Å². The van der Waals surface area contributed by atoms with Gasteiger partial charge >= 0.3 is 0 Å². The molecule has 0 bridgehead atoms. The van der Waals surface area contributed by atoms with E-state index in [-0.39, 0.29) is 4.90 Å². The van der Waals surface area contributed by atoms with Gasteiger partial charge < -0.3 is 0 Å². The monoisotopic (exact) mass is 266 g/mol. The average molecular weight is 266 g/mol. The van der Waals surface area contributed by atoms with Crippen LogP contribution in [-0.4, -0.2) is 30.2 Å². The third-order valence-corrected chi connectivity index (χ3v) is 6.72. The van der Waals surface area contributed by atoms with Crippen molar-refractivity contribution < 1.29 is 16.5 Å².